The van der Waals surface area contributed by atoms with Gasteiger partial charge in [0.1, 0.15) is 11.6 Å². The summed E-state index contributed by atoms with van der Waals surface area (Å²) in [6.07, 6.45) is -3.31. The Bertz CT molecular complexity index is 809. The van der Waals surface area contributed by atoms with Gasteiger partial charge in [-0.1, -0.05) is 12.1 Å². The second-order valence-corrected chi connectivity index (χ2v) is 4.40. The van der Waals surface area contributed by atoms with Crippen LogP contribution in [0.3, 0.4) is 0 Å². The minimum absolute atomic E-state index is 0.00742. The number of nitrogens with two attached hydrogens (primary N) is 1. The number of halogens is 3. The number of anilines is 1. The van der Waals surface area contributed by atoms with E-state index in [9.17, 15) is 18.3 Å². The highest BCUT2D eigenvalue weighted by molar-refractivity contribution is 5.78. The van der Waals surface area contributed by atoms with Gasteiger partial charge in [-0.15, -0.1) is 0 Å². The lowest BCUT2D eigenvalue weighted by Gasteiger charge is -2.09. The standard InChI is InChI=1S/C13H9F3N4O/c14-13(15,16)10-5-11(17)19-12-9(6-18-20(10)12)7-1-3-8(21)4-2-7/h1-6,21H,(H2,17,19). The maximum Gasteiger partial charge on any atom is 0.433 e. The summed E-state index contributed by atoms with van der Waals surface area (Å²) in [6.45, 7) is 0. The highest BCUT2D eigenvalue weighted by Gasteiger charge is 2.35. The summed E-state index contributed by atoms with van der Waals surface area (Å²) in [7, 11) is 0. The van der Waals surface area contributed by atoms with Crippen molar-refractivity contribution in [2.75, 3.05) is 5.73 Å². The van der Waals surface area contributed by atoms with E-state index >= 15 is 0 Å². The second-order valence-electron chi connectivity index (χ2n) is 4.40. The number of hydrogen-bond donors (Lipinski definition) is 2. The molecule has 0 aliphatic rings. The van der Waals surface area contributed by atoms with Gasteiger partial charge in [0.2, 0.25) is 0 Å². The number of hydrogen-bond acceptors (Lipinski definition) is 4. The number of benzene rings is 1. The maximum absolute atomic E-state index is 13.0. The molecule has 108 valence electrons. The van der Waals surface area contributed by atoms with Crippen molar-refractivity contribution in [2.45, 2.75) is 6.18 Å². The molecule has 0 amide bonds. The van der Waals surface area contributed by atoms with Crippen LogP contribution in [0.15, 0.2) is 36.5 Å². The Hall–Kier alpha value is -2.77. The van der Waals surface area contributed by atoms with E-state index in [4.69, 9.17) is 5.73 Å². The van der Waals surface area contributed by atoms with E-state index in [1.807, 2.05) is 0 Å². The fourth-order valence-corrected chi connectivity index (χ4v) is 2.03. The molecule has 0 radical (unpaired) electrons. The smallest absolute Gasteiger partial charge is 0.433 e. The molecule has 2 aromatic heterocycles. The third-order valence-electron chi connectivity index (χ3n) is 2.96. The number of aromatic nitrogens is 3. The highest BCUT2D eigenvalue weighted by Crippen LogP contribution is 2.33. The SMILES string of the molecule is Nc1cc(C(F)(F)F)n2ncc(-c3ccc(O)cc3)c2n1. The predicted octanol–water partition coefficient (Wildman–Crippen LogP) is 2.70. The summed E-state index contributed by atoms with van der Waals surface area (Å²) in [6, 6.07) is 6.71. The number of aromatic hydroxyl groups is 1. The van der Waals surface area contributed by atoms with Crippen molar-refractivity contribution in [2.24, 2.45) is 0 Å². The first-order valence-corrected chi connectivity index (χ1v) is 5.87. The number of nitrogen functional groups attached to an aromatic ring is 1. The number of rotatable bonds is 1. The molecule has 0 aliphatic carbocycles. The molecule has 21 heavy (non-hydrogen) atoms. The Morgan fingerprint density at radius 3 is 2.43 bits per heavy atom. The molecule has 3 rings (SSSR count). The minimum Gasteiger partial charge on any atom is -0.508 e. The zero-order valence-electron chi connectivity index (χ0n) is 10.5. The number of phenolic OH excluding ortho intramolecular Hbond substituents is 1. The van der Waals surface area contributed by atoms with Gasteiger partial charge in [-0.25, -0.2) is 9.50 Å². The van der Waals surface area contributed by atoms with Crippen LogP contribution in [-0.2, 0) is 6.18 Å². The van der Waals surface area contributed by atoms with Crippen LogP contribution in [0.5, 0.6) is 5.75 Å². The maximum atomic E-state index is 13.0. The average Bonchev–Trinajstić information content (AvgIpc) is 2.81. The zero-order chi connectivity index (χ0) is 15.2. The van der Waals surface area contributed by atoms with Crippen molar-refractivity contribution in [1.82, 2.24) is 14.6 Å². The molecule has 0 bridgehead atoms. The van der Waals surface area contributed by atoms with Gasteiger partial charge in [0.25, 0.3) is 0 Å². The molecular formula is C13H9F3N4O. The molecule has 3 aromatic rings. The van der Waals surface area contributed by atoms with Crippen LogP contribution in [0.1, 0.15) is 5.69 Å². The third kappa shape index (κ3) is 2.24. The molecule has 5 nitrogen and oxygen atoms in total. The van der Waals surface area contributed by atoms with Crippen molar-refractivity contribution in [3.63, 3.8) is 0 Å². The minimum atomic E-state index is -4.59. The van der Waals surface area contributed by atoms with E-state index in [1.54, 1.807) is 12.1 Å². The van der Waals surface area contributed by atoms with Gasteiger partial charge in [0.15, 0.2) is 11.3 Å². The van der Waals surface area contributed by atoms with Crippen molar-refractivity contribution < 1.29 is 18.3 Å². The molecule has 2 heterocycles. The quantitative estimate of drug-likeness (QED) is 0.723. The van der Waals surface area contributed by atoms with E-state index in [1.165, 1.54) is 18.3 Å². The van der Waals surface area contributed by atoms with E-state index in [0.717, 1.165) is 6.07 Å². The largest absolute Gasteiger partial charge is 0.508 e. The molecule has 8 heteroatoms. The predicted molar refractivity (Wildman–Crippen MR) is 69.5 cm³/mol. The van der Waals surface area contributed by atoms with Gasteiger partial charge < -0.3 is 10.8 Å². The highest BCUT2D eigenvalue weighted by atomic mass is 19.4. The van der Waals surface area contributed by atoms with Crippen LogP contribution in [0.25, 0.3) is 16.8 Å². The van der Waals surface area contributed by atoms with Gasteiger partial charge in [0.05, 0.1) is 6.20 Å². The van der Waals surface area contributed by atoms with E-state index < -0.39 is 11.9 Å². The molecule has 0 spiro atoms. The molecule has 3 N–H and O–H groups in total. The lowest BCUT2D eigenvalue weighted by atomic mass is 10.1. The van der Waals surface area contributed by atoms with E-state index in [-0.39, 0.29) is 17.2 Å². The van der Waals surface area contributed by atoms with Crippen LogP contribution in [0.2, 0.25) is 0 Å². The first-order valence-electron chi connectivity index (χ1n) is 5.87. The monoisotopic (exact) mass is 294 g/mol. The normalized spacial score (nSPS) is 12.0. The fraction of sp³-hybridized carbons (Fsp3) is 0.0769. The second kappa shape index (κ2) is 4.37. The summed E-state index contributed by atoms with van der Waals surface area (Å²) in [4.78, 5) is 3.92. The fourth-order valence-electron chi connectivity index (χ4n) is 2.03. The Balaban J connectivity index is 2.27. The van der Waals surface area contributed by atoms with Crippen LogP contribution in [0.4, 0.5) is 19.0 Å². The van der Waals surface area contributed by atoms with Crippen LogP contribution >= 0.6 is 0 Å². The van der Waals surface area contributed by atoms with Crippen molar-refractivity contribution in [3.8, 4) is 16.9 Å². The molecule has 0 atom stereocenters. The van der Waals surface area contributed by atoms with Gasteiger partial charge in [-0.2, -0.15) is 18.3 Å². The Labute approximate surface area is 116 Å². The van der Waals surface area contributed by atoms with Crippen molar-refractivity contribution >= 4 is 11.5 Å². The molecule has 0 aliphatic heterocycles. The molecule has 0 saturated heterocycles. The van der Waals surface area contributed by atoms with Crippen molar-refractivity contribution in [3.05, 3.63) is 42.2 Å². The molecule has 0 fully saturated rings. The lowest BCUT2D eigenvalue weighted by Crippen LogP contribution is -2.14. The number of phenols is 1. The van der Waals surface area contributed by atoms with Crippen molar-refractivity contribution in [1.29, 1.82) is 0 Å². The molecule has 0 unspecified atom stereocenters. The van der Waals surface area contributed by atoms with Gasteiger partial charge in [-0.3, -0.25) is 0 Å². The summed E-state index contributed by atoms with van der Waals surface area (Å²) in [5.74, 6) is -0.186. The first-order chi connectivity index (χ1) is 9.86. The lowest BCUT2D eigenvalue weighted by molar-refractivity contribution is -0.142. The van der Waals surface area contributed by atoms with Gasteiger partial charge in [0, 0.05) is 11.6 Å². The first kappa shape index (κ1) is 13.2. The van der Waals surface area contributed by atoms with Crippen LogP contribution in [0, 0.1) is 0 Å². The Kier molecular flexibility index (Phi) is 2.75. The Morgan fingerprint density at radius 2 is 1.81 bits per heavy atom. The average molecular weight is 294 g/mol. The summed E-state index contributed by atoms with van der Waals surface area (Å²) in [5.41, 5.74) is 5.45. The van der Waals surface area contributed by atoms with Crippen LogP contribution < -0.4 is 5.73 Å². The summed E-state index contributed by atoms with van der Waals surface area (Å²) < 4.78 is 39.7. The third-order valence-corrected chi connectivity index (χ3v) is 2.96. The van der Waals surface area contributed by atoms with Crippen LogP contribution in [-0.4, -0.2) is 19.7 Å². The Morgan fingerprint density at radius 1 is 1.14 bits per heavy atom. The topological polar surface area (TPSA) is 76.4 Å². The molecular weight excluding hydrogens is 285 g/mol. The van der Waals surface area contributed by atoms with E-state index in [0.29, 0.717) is 15.6 Å². The van der Waals surface area contributed by atoms with Gasteiger partial charge in [-0.05, 0) is 17.7 Å². The van der Waals surface area contributed by atoms with E-state index in [2.05, 4.69) is 10.1 Å². The zero-order valence-corrected chi connectivity index (χ0v) is 10.5. The van der Waals surface area contributed by atoms with Gasteiger partial charge >= 0.3 is 6.18 Å². The summed E-state index contributed by atoms with van der Waals surface area (Å²) in [5, 5.41) is 13.0. The number of fused-ring (bicyclic) bond motifs is 1. The number of alkyl halides is 3. The molecule has 0 saturated carbocycles. The molecule has 1 aromatic carbocycles. The number of nitrogens with zero attached hydrogens (tertiary/aromatic N) is 3. The summed E-state index contributed by atoms with van der Waals surface area (Å²) >= 11 is 0.